The van der Waals surface area contributed by atoms with Crippen molar-refractivity contribution in [2.45, 2.75) is 136 Å². The second-order valence-electron chi connectivity index (χ2n) is 12.1. The van der Waals surface area contributed by atoms with Gasteiger partial charge in [0.05, 0.1) is 12.7 Å². The lowest BCUT2D eigenvalue weighted by molar-refractivity contribution is -0.161. The van der Waals surface area contributed by atoms with Gasteiger partial charge < -0.3 is 24.4 Å². The largest absolute Gasteiger partial charge is 0.469 e. The molecule has 0 heterocycles. The zero-order valence-corrected chi connectivity index (χ0v) is 30.5. The van der Waals surface area contributed by atoms with Crippen molar-refractivity contribution in [3.05, 3.63) is 72.9 Å². The van der Waals surface area contributed by atoms with Gasteiger partial charge in [0, 0.05) is 12.8 Å². The minimum atomic E-state index is -4.78. The van der Waals surface area contributed by atoms with Crippen molar-refractivity contribution in [1.82, 2.24) is 0 Å². The number of unbranched alkanes of at least 4 members (excludes halogenated alkanes) is 6. The van der Waals surface area contributed by atoms with Crippen LogP contribution in [0.3, 0.4) is 0 Å². The number of hydrogen-bond acceptors (Lipinski definition) is 7. The first-order valence-electron chi connectivity index (χ1n) is 17.7. The number of carbonyl (C=O) groups is 2. The molecule has 0 bridgehead atoms. The predicted octanol–water partition coefficient (Wildman–Crippen LogP) is 9.17. The summed E-state index contributed by atoms with van der Waals surface area (Å²) >= 11 is 0. The van der Waals surface area contributed by atoms with Crippen molar-refractivity contribution < 1.29 is 43.0 Å². The molecule has 0 aromatic rings. The second-order valence-corrected chi connectivity index (χ2v) is 13.4. The number of rotatable bonds is 30. The highest BCUT2D eigenvalue weighted by Gasteiger charge is 2.22. The molecule has 9 nitrogen and oxygen atoms in total. The average Bonchev–Trinajstić information content (AvgIpc) is 3.02. The summed E-state index contributed by atoms with van der Waals surface area (Å²) in [6, 6.07) is 0. The zero-order chi connectivity index (χ0) is 35.7. The molecule has 0 saturated carbocycles. The van der Waals surface area contributed by atoms with Gasteiger partial charge in [0.2, 0.25) is 0 Å². The number of aliphatic hydroxyl groups is 1. The van der Waals surface area contributed by atoms with E-state index in [1.807, 2.05) is 48.6 Å². The lowest BCUT2D eigenvalue weighted by Crippen LogP contribution is -2.29. The molecule has 0 spiro atoms. The summed E-state index contributed by atoms with van der Waals surface area (Å²) in [4.78, 5) is 42.5. The Hall–Kier alpha value is -2.55. The van der Waals surface area contributed by atoms with Crippen molar-refractivity contribution in [3.63, 3.8) is 0 Å². The molecule has 2 atom stereocenters. The first kappa shape index (κ1) is 45.5. The Labute approximate surface area is 290 Å². The minimum Gasteiger partial charge on any atom is -0.462 e. The average molecular weight is 695 g/mol. The van der Waals surface area contributed by atoms with Gasteiger partial charge in [-0.25, -0.2) is 4.57 Å². The van der Waals surface area contributed by atoms with Crippen LogP contribution < -0.4 is 0 Å². The highest BCUT2D eigenvalue weighted by atomic mass is 31.2. The van der Waals surface area contributed by atoms with Crippen molar-refractivity contribution in [1.29, 1.82) is 0 Å². The number of carbonyl (C=O) groups excluding carboxylic acids is 2. The number of esters is 2. The third-order valence-corrected chi connectivity index (χ3v) is 7.50. The quantitative estimate of drug-likeness (QED) is 0.0221. The fraction of sp³-hybridized carbons (Fsp3) is 0.632. The van der Waals surface area contributed by atoms with Gasteiger partial charge in [-0.2, -0.15) is 0 Å². The SMILES string of the molecule is CC/C=C\CC(O)/C=C/C=C/C/C=C\C/C=C\C/C=C\CCC(=O)O[C@H](COC(=O)CCCCCCCCCC(C)C)COP(=O)(O)O. The Morgan fingerprint density at radius 3 is 1.94 bits per heavy atom. The summed E-state index contributed by atoms with van der Waals surface area (Å²) in [6.45, 7) is 5.63. The van der Waals surface area contributed by atoms with Crippen LogP contribution in [0.25, 0.3) is 0 Å². The van der Waals surface area contributed by atoms with Gasteiger partial charge in [0.15, 0.2) is 6.10 Å². The van der Waals surface area contributed by atoms with E-state index in [-0.39, 0.29) is 19.4 Å². The molecular formula is C38H63O9P. The topological polar surface area (TPSA) is 140 Å². The van der Waals surface area contributed by atoms with Crippen LogP contribution in [0.1, 0.15) is 124 Å². The van der Waals surface area contributed by atoms with E-state index in [1.165, 1.54) is 25.7 Å². The highest BCUT2D eigenvalue weighted by molar-refractivity contribution is 7.46. The molecule has 0 fully saturated rings. The van der Waals surface area contributed by atoms with E-state index < -0.39 is 38.6 Å². The van der Waals surface area contributed by atoms with Crippen molar-refractivity contribution in [2.75, 3.05) is 13.2 Å². The molecule has 0 rings (SSSR count). The summed E-state index contributed by atoms with van der Waals surface area (Å²) in [5.74, 6) is -0.270. The maximum absolute atomic E-state index is 12.3. The maximum atomic E-state index is 12.3. The van der Waals surface area contributed by atoms with Gasteiger partial charge >= 0.3 is 19.8 Å². The van der Waals surface area contributed by atoms with E-state index in [2.05, 4.69) is 43.5 Å². The second kappa shape index (κ2) is 31.7. The molecule has 0 aromatic carbocycles. The van der Waals surface area contributed by atoms with Crippen molar-refractivity contribution in [3.8, 4) is 0 Å². The van der Waals surface area contributed by atoms with Gasteiger partial charge in [-0.3, -0.25) is 14.1 Å². The lowest BCUT2D eigenvalue weighted by Gasteiger charge is -2.18. The molecule has 0 aliphatic heterocycles. The molecule has 0 amide bonds. The monoisotopic (exact) mass is 694 g/mol. The van der Waals surface area contributed by atoms with Crippen LogP contribution in [0.15, 0.2) is 72.9 Å². The summed E-state index contributed by atoms with van der Waals surface area (Å²) in [6.07, 6.45) is 35.6. The standard InChI is InChI=1S/C38H63O9P/c1-4-5-22-28-35(39)29-24-19-15-11-9-7-6-8-10-12-16-21-26-31-38(41)47-36(33-46-48(42,43)44)32-45-37(40)30-25-20-17-13-14-18-23-27-34(2)3/h5,7-10,15-16,19,21-22,24,29,34-36,39H,4,6,11-14,17-18,20,23,25-28,30-33H2,1-3H3,(H2,42,43,44)/b9-7-,10-8-,19-15+,21-16-,22-5-,29-24+/t35?,36-/m1/s1. The van der Waals surface area contributed by atoms with E-state index in [0.717, 1.165) is 50.9 Å². The third-order valence-electron chi connectivity index (χ3n) is 7.01. The maximum Gasteiger partial charge on any atom is 0.469 e. The molecule has 0 aromatic heterocycles. The van der Waals surface area contributed by atoms with Gasteiger partial charge in [-0.05, 0) is 50.9 Å². The van der Waals surface area contributed by atoms with Crippen LogP contribution in [0, 0.1) is 5.92 Å². The smallest absolute Gasteiger partial charge is 0.462 e. The summed E-state index contributed by atoms with van der Waals surface area (Å²) in [5, 5.41) is 9.80. The molecule has 0 aliphatic rings. The third kappa shape index (κ3) is 34.8. The van der Waals surface area contributed by atoms with Crippen LogP contribution in [0.2, 0.25) is 0 Å². The fourth-order valence-electron chi connectivity index (χ4n) is 4.37. The summed E-state index contributed by atoms with van der Waals surface area (Å²) < 4.78 is 26.1. The number of hydrogen-bond donors (Lipinski definition) is 3. The van der Waals surface area contributed by atoms with Crippen molar-refractivity contribution in [2.24, 2.45) is 5.92 Å². The Morgan fingerprint density at radius 1 is 0.708 bits per heavy atom. The normalized spacial score (nSPS) is 14.1. The predicted molar refractivity (Wildman–Crippen MR) is 194 cm³/mol. The molecule has 0 saturated heterocycles. The van der Waals surface area contributed by atoms with Gasteiger partial charge in [-0.1, -0.05) is 139 Å². The fourth-order valence-corrected chi connectivity index (χ4v) is 4.73. The van der Waals surface area contributed by atoms with Gasteiger partial charge in [0.25, 0.3) is 0 Å². The number of phosphoric acid groups is 1. The summed E-state index contributed by atoms with van der Waals surface area (Å²) in [5.41, 5.74) is 0. The van der Waals surface area contributed by atoms with E-state index in [1.54, 1.807) is 6.08 Å². The van der Waals surface area contributed by atoms with Crippen LogP contribution in [-0.2, 0) is 28.2 Å². The van der Waals surface area contributed by atoms with E-state index in [0.29, 0.717) is 19.3 Å². The summed E-state index contributed by atoms with van der Waals surface area (Å²) in [7, 11) is -4.78. The number of phosphoric ester groups is 1. The van der Waals surface area contributed by atoms with Crippen LogP contribution in [-0.4, -0.2) is 52.3 Å². The molecule has 0 radical (unpaired) electrons. The van der Waals surface area contributed by atoms with E-state index in [9.17, 15) is 19.3 Å². The molecule has 3 N–H and O–H groups in total. The Balaban J connectivity index is 4.21. The van der Waals surface area contributed by atoms with E-state index >= 15 is 0 Å². The molecule has 48 heavy (non-hydrogen) atoms. The molecule has 274 valence electrons. The molecule has 0 aliphatic carbocycles. The molecular weight excluding hydrogens is 631 g/mol. The van der Waals surface area contributed by atoms with Gasteiger partial charge in [-0.15, -0.1) is 0 Å². The number of allylic oxidation sites excluding steroid dienone is 10. The zero-order valence-electron chi connectivity index (χ0n) is 29.6. The lowest BCUT2D eigenvalue weighted by atomic mass is 10.0. The Bertz CT molecular complexity index is 1040. The number of ether oxygens (including phenoxy) is 2. The molecule has 10 heteroatoms. The molecule has 1 unspecified atom stereocenters. The Kier molecular flexibility index (Phi) is 30.0. The van der Waals surface area contributed by atoms with Crippen LogP contribution in [0.5, 0.6) is 0 Å². The van der Waals surface area contributed by atoms with Crippen LogP contribution in [0.4, 0.5) is 0 Å². The first-order chi connectivity index (χ1) is 23.0. The first-order valence-corrected chi connectivity index (χ1v) is 19.2. The minimum absolute atomic E-state index is 0.0678. The number of aliphatic hydroxyl groups excluding tert-OH is 1. The Morgan fingerprint density at radius 2 is 1.31 bits per heavy atom. The van der Waals surface area contributed by atoms with Crippen molar-refractivity contribution >= 4 is 19.8 Å². The van der Waals surface area contributed by atoms with Gasteiger partial charge in [0.1, 0.15) is 6.61 Å². The highest BCUT2D eigenvalue weighted by Crippen LogP contribution is 2.35. The van der Waals surface area contributed by atoms with Crippen LogP contribution >= 0.6 is 7.82 Å². The van der Waals surface area contributed by atoms with E-state index in [4.69, 9.17) is 19.3 Å².